The van der Waals surface area contributed by atoms with E-state index in [4.69, 9.17) is 0 Å². The van der Waals surface area contributed by atoms with Gasteiger partial charge in [-0.15, -0.1) is 0 Å². The third kappa shape index (κ3) is 2.29. The smallest absolute Gasteiger partial charge is 0.257 e. The number of amides is 1. The molecule has 3 heterocycles. The molecule has 3 rings (SSSR count). The molecule has 0 aromatic carbocycles. The number of likely N-dealkylation sites (tertiary alicyclic amines) is 1. The molecule has 1 N–H and O–H groups in total. The number of aromatic nitrogens is 3. The van der Waals surface area contributed by atoms with Gasteiger partial charge in [-0.1, -0.05) is 13.3 Å². The van der Waals surface area contributed by atoms with Crippen molar-refractivity contribution in [1.29, 1.82) is 0 Å². The van der Waals surface area contributed by atoms with Crippen molar-refractivity contribution in [3.8, 4) is 0 Å². The molecule has 6 heteroatoms. The summed E-state index contributed by atoms with van der Waals surface area (Å²) in [6.07, 6.45) is 3.24. The lowest BCUT2D eigenvalue weighted by atomic mass is 9.89. The van der Waals surface area contributed by atoms with E-state index in [1.807, 2.05) is 26.8 Å². The van der Waals surface area contributed by atoms with E-state index in [2.05, 4.69) is 10.1 Å². The van der Waals surface area contributed by atoms with Gasteiger partial charge in [-0.05, 0) is 20.3 Å². The summed E-state index contributed by atoms with van der Waals surface area (Å²) < 4.78 is 1.70. The van der Waals surface area contributed by atoms with Crippen molar-refractivity contribution in [2.24, 2.45) is 0 Å². The third-order valence-corrected chi connectivity index (χ3v) is 4.05. The topological polar surface area (TPSA) is 70.7 Å². The number of rotatable bonds is 3. The highest BCUT2D eigenvalue weighted by Crippen LogP contribution is 2.27. The SMILES string of the molecule is CCCC1(O)CN(C(=O)c2cnc3cc(C)nn3c2C)C1. The number of fused-ring (bicyclic) bond motifs is 1. The van der Waals surface area contributed by atoms with Crippen LogP contribution in [0.4, 0.5) is 0 Å². The predicted molar refractivity (Wildman–Crippen MR) is 78.2 cm³/mol. The fraction of sp³-hybridized carbons (Fsp3) is 0.533. The van der Waals surface area contributed by atoms with Gasteiger partial charge in [-0.3, -0.25) is 4.79 Å². The molecule has 2 aromatic rings. The number of hydrogen-bond donors (Lipinski definition) is 1. The van der Waals surface area contributed by atoms with Crippen LogP contribution in [0.2, 0.25) is 0 Å². The summed E-state index contributed by atoms with van der Waals surface area (Å²) in [7, 11) is 0. The number of aryl methyl sites for hydroxylation is 2. The molecule has 0 radical (unpaired) electrons. The van der Waals surface area contributed by atoms with Crippen molar-refractivity contribution in [1.82, 2.24) is 19.5 Å². The van der Waals surface area contributed by atoms with Gasteiger partial charge in [0.2, 0.25) is 0 Å². The van der Waals surface area contributed by atoms with Crippen LogP contribution in [0.1, 0.15) is 41.5 Å². The lowest BCUT2D eigenvalue weighted by Gasteiger charge is -2.46. The zero-order valence-corrected chi connectivity index (χ0v) is 12.6. The van der Waals surface area contributed by atoms with E-state index in [-0.39, 0.29) is 5.91 Å². The molecule has 1 amide bonds. The first-order valence-electron chi connectivity index (χ1n) is 7.27. The van der Waals surface area contributed by atoms with Crippen LogP contribution in [0.5, 0.6) is 0 Å². The Morgan fingerprint density at radius 1 is 1.43 bits per heavy atom. The van der Waals surface area contributed by atoms with Crippen molar-refractivity contribution in [3.63, 3.8) is 0 Å². The van der Waals surface area contributed by atoms with Gasteiger partial charge in [0.25, 0.3) is 5.91 Å². The standard InChI is InChI=1S/C15H20N4O2/c1-4-5-15(21)8-18(9-15)14(20)12-7-16-13-6-10(2)17-19(13)11(12)3/h6-7,21H,4-5,8-9H2,1-3H3. The second-order valence-corrected chi connectivity index (χ2v) is 5.95. The normalized spacial score (nSPS) is 17.0. The number of β-amino-alcohol motifs (C(OH)–C–C–N with tert-alkyl or cyclic N) is 1. The molecule has 1 fully saturated rings. The number of aliphatic hydroxyl groups is 1. The van der Waals surface area contributed by atoms with Crippen molar-refractivity contribution < 1.29 is 9.90 Å². The largest absolute Gasteiger partial charge is 0.386 e. The zero-order chi connectivity index (χ0) is 15.2. The van der Waals surface area contributed by atoms with Crippen LogP contribution in [0.3, 0.4) is 0 Å². The fourth-order valence-electron chi connectivity index (χ4n) is 2.97. The van der Waals surface area contributed by atoms with Crippen LogP contribution in [0.15, 0.2) is 12.3 Å². The summed E-state index contributed by atoms with van der Waals surface area (Å²) in [6.45, 7) is 6.59. The Morgan fingerprint density at radius 2 is 2.14 bits per heavy atom. The lowest BCUT2D eigenvalue weighted by molar-refractivity contribution is -0.0860. The van der Waals surface area contributed by atoms with E-state index in [1.165, 1.54) is 0 Å². The van der Waals surface area contributed by atoms with Gasteiger partial charge in [-0.25, -0.2) is 9.50 Å². The predicted octanol–water partition coefficient (Wildman–Crippen LogP) is 1.33. The fourth-order valence-corrected chi connectivity index (χ4v) is 2.97. The van der Waals surface area contributed by atoms with E-state index in [9.17, 15) is 9.90 Å². The van der Waals surface area contributed by atoms with Gasteiger partial charge in [0, 0.05) is 12.3 Å². The first kappa shape index (κ1) is 14.0. The maximum Gasteiger partial charge on any atom is 0.257 e. The molecule has 0 bridgehead atoms. The Morgan fingerprint density at radius 3 is 2.81 bits per heavy atom. The molecule has 21 heavy (non-hydrogen) atoms. The molecule has 0 unspecified atom stereocenters. The Labute approximate surface area is 123 Å². The minimum Gasteiger partial charge on any atom is -0.386 e. The minimum absolute atomic E-state index is 0.0872. The zero-order valence-electron chi connectivity index (χ0n) is 12.6. The summed E-state index contributed by atoms with van der Waals surface area (Å²) in [6, 6.07) is 1.88. The van der Waals surface area contributed by atoms with E-state index >= 15 is 0 Å². The van der Waals surface area contributed by atoms with E-state index in [1.54, 1.807) is 15.6 Å². The van der Waals surface area contributed by atoms with Crippen LogP contribution >= 0.6 is 0 Å². The van der Waals surface area contributed by atoms with Crippen LogP contribution in [0, 0.1) is 13.8 Å². The first-order chi connectivity index (χ1) is 9.93. The molecule has 112 valence electrons. The molecule has 1 aliphatic heterocycles. The Balaban J connectivity index is 1.85. The first-order valence-corrected chi connectivity index (χ1v) is 7.27. The van der Waals surface area contributed by atoms with Gasteiger partial charge in [0.15, 0.2) is 5.65 Å². The second-order valence-electron chi connectivity index (χ2n) is 5.95. The molecule has 0 atom stereocenters. The quantitative estimate of drug-likeness (QED) is 0.925. The summed E-state index contributed by atoms with van der Waals surface area (Å²) in [5.74, 6) is -0.0872. The highest BCUT2D eigenvalue weighted by Gasteiger charge is 2.43. The third-order valence-electron chi connectivity index (χ3n) is 4.05. The van der Waals surface area contributed by atoms with Crippen molar-refractivity contribution in [3.05, 3.63) is 29.2 Å². The van der Waals surface area contributed by atoms with Crippen LogP contribution in [-0.2, 0) is 0 Å². The minimum atomic E-state index is -0.710. The Kier molecular flexibility index (Phi) is 3.20. The average molecular weight is 288 g/mol. The summed E-state index contributed by atoms with van der Waals surface area (Å²) >= 11 is 0. The van der Waals surface area contributed by atoms with Gasteiger partial charge in [-0.2, -0.15) is 5.10 Å². The molecule has 2 aromatic heterocycles. The van der Waals surface area contributed by atoms with Gasteiger partial charge in [0.1, 0.15) is 0 Å². The van der Waals surface area contributed by atoms with E-state index < -0.39 is 5.60 Å². The summed E-state index contributed by atoms with van der Waals surface area (Å²) in [5.41, 5.74) is 2.23. The van der Waals surface area contributed by atoms with Gasteiger partial charge >= 0.3 is 0 Å². The molecule has 1 saturated heterocycles. The maximum absolute atomic E-state index is 12.5. The number of carbonyl (C=O) groups is 1. The summed E-state index contributed by atoms with van der Waals surface area (Å²) in [4.78, 5) is 18.5. The molecule has 1 aliphatic rings. The molecular formula is C15H20N4O2. The Bertz CT molecular complexity index is 701. The highest BCUT2D eigenvalue weighted by atomic mass is 16.3. The number of hydrogen-bond acceptors (Lipinski definition) is 4. The summed E-state index contributed by atoms with van der Waals surface area (Å²) in [5, 5.41) is 14.5. The van der Waals surface area contributed by atoms with Crippen LogP contribution in [-0.4, -0.2) is 49.2 Å². The Hall–Kier alpha value is -1.95. The lowest BCUT2D eigenvalue weighted by Crippen LogP contribution is -2.63. The molecule has 0 aliphatic carbocycles. The molecule has 0 saturated carbocycles. The highest BCUT2D eigenvalue weighted by molar-refractivity contribution is 5.95. The van der Waals surface area contributed by atoms with Gasteiger partial charge in [0.05, 0.1) is 35.6 Å². The monoisotopic (exact) mass is 288 g/mol. The van der Waals surface area contributed by atoms with Crippen molar-refractivity contribution in [2.75, 3.05) is 13.1 Å². The van der Waals surface area contributed by atoms with Crippen LogP contribution in [0.25, 0.3) is 5.65 Å². The molecule has 6 nitrogen and oxygen atoms in total. The second kappa shape index (κ2) is 4.80. The van der Waals surface area contributed by atoms with Crippen LogP contribution < -0.4 is 0 Å². The number of nitrogens with zero attached hydrogens (tertiary/aromatic N) is 4. The molecular weight excluding hydrogens is 268 g/mol. The van der Waals surface area contributed by atoms with Crippen molar-refractivity contribution in [2.45, 2.75) is 39.2 Å². The number of carbonyl (C=O) groups excluding carboxylic acids is 1. The van der Waals surface area contributed by atoms with Gasteiger partial charge < -0.3 is 10.0 Å². The van der Waals surface area contributed by atoms with Crippen molar-refractivity contribution >= 4 is 11.6 Å². The molecule has 0 spiro atoms. The average Bonchev–Trinajstić information content (AvgIpc) is 2.77. The van der Waals surface area contributed by atoms with E-state index in [0.717, 1.165) is 29.9 Å². The maximum atomic E-state index is 12.5. The van der Waals surface area contributed by atoms with E-state index in [0.29, 0.717) is 18.7 Å².